The molecule has 0 atom stereocenters. The summed E-state index contributed by atoms with van der Waals surface area (Å²) in [6.45, 7) is 0.221. The van der Waals surface area contributed by atoms with Crippen molar-refractivity contribution in [3.05, 3.63) is 70.1 Å². The maximum Gasteiger partial charge on any atom is 0.255 e. The van der Waals surface area contributed by atoms with Crippen LogP contribution in [-0.4, -0.2) is 6.10 Å². The van der Waals surface area contributed by atoms with Crippen molar-refractivity contribution in [1.29, 1.82) is 0 Å². The molecule has 0 saturated heterocycles. The zero-order valence-corrected chi connectivity index (χ0v) is 12.1. The van der Waals surface area contributed by atoms with Crippen LogP contribution in [0.5, 0.6) is 11.5 Å². The Morgan fingerprint density at radius 2 is 1.86 bits per heavy atom. The molecule has 3 nitrogen and oxygen atoms in total. The summed E-state index contributed by atoms with van der Waals surface area (Å²) < 4.78 is 25.0. The lowest BCUT2D eigenvalue weighted by molar-refractivity contribution is 0.120. The Morgan fingerprint density at radius 3 is 2.55 bits per heavy atom. The number of rotatable bonds is 5. The molecule has 0 N–H and O–H groups in total. The second kappa shape index (κ2) is 6.60. The van der Waals surface area contributed by atoms with Crippen LogP contribution in [-0.2, 0) is 6.61 Å². The Morgan fingerprint density at radius 1 is 1.09 bits per heavy atom. The van der Waals surface area contributed by atoms with Crippen molar-refractivity contribution in [2.45, 2.75) is 32.0 Å². The Kier molecular flexibility index (Phi) is 4.37. The summed E-state index contributed by atoms with van der Waals surface area (Å²) >= 11 is 0. The fourth-order valence-corrected chi connectivity index (χ4v) is 2.19. The molecule has 1 saturated carbocycles. The second-order valence-corrected chi connectivity index (χ2v) is 5.37. The van der Waals surface area contributed by atoms with Gasteiger partial charge in [0.2, 0.25) is 0 Å². The first-order valence-corrected chi connectivity index (χ1v) is 7.39. The van der Waals surface area contributed by atoms with E-state index < -0.39 is 11.2 Å². The van der Waals surface area contributed by atoms with Crippen molar-refractivity contribution in [3.8, 4) is 11.5 Å². The van der Waals surface area contributed by atoms with Crippen molar-refractivity contribution < 1.29 is 13.9 Å². The lowest BCUT2D eigenvalue weighted by atomic mass is 9.96. The molecule has 22 heavy (non-hydrogen) atoms. The molecule has 3 rings (SSSR count). The number of ether oxygens (including phenoxy) is 2. The van der Waals surface area contributed by atoms with Gasteiger partial charge >= 0.3 is 0 Å². The van der Waals surface area contributed by atoms with Crippen molar-refractivity contribution in [1.82, 2.24) is 0 Å². The number of hydrogen-bond acceptors (Lipinski definition) is 3. The highest BCUT2D eigenvalue weighted by atomic mass is 19.1. The van der Waals surface area contributed by atoms with E-state index in [2.05, 4.69) is 0 Å². The minimum absolute atomic E-state index is 0.00943. The standard InChI is InChI=1S/C18H17FO3/c19-16-11-15(22-14-7-4-8-14)9-10-17(18(16)20)21-12-13-5-2-1-3-6-13/h1-3,5-6,9-11,14H,4,7-8,12H2. The fraction of sp³-hybridized carbons (Fsp3) is 0.278. The van der Waals surface area contributed by atoms with E-state index in [0.29, 0.717) is 5.75 Å². The first-order valence-electron chi connectivity index (χ1n) is 7.39. The summed E-state index contributed by atoms with van der Waals surface area (Å²) in [4.78, 5) is 12.0. The fourth-order valence-electron chi connectivity index (χ4n) is 2.19. The Bertz CT molecular complexity index is 696. The summed E-state index contributed by atoms with van der Waals surface area (Å²) in [5, 5.41) is 0. The zero-order chi connectivity index (χ0) is 15.4. The highest BCUT2D eigenvalue weighted by Gasteiger charge is 2.19. The average molecular weight is 300 g/mol. The van der Waals surface area contributed by atoms with Gasteiger partial charge in [-0.15, -0.1) is 0 Å². The monoisotopic (exact) mass is 300 g/mol. The maximum atomic E-state index is 13.9. The molecule has 0 aromatic heterocycles. The van der Waals surface area contributed by atoms with Gasteiger partial charge in [0.1, 0.15) is 12.4 Å². The Balaban J connectivity index is 1.77. The van der Waals surface area contributed by atoms with E-state index in [0.717, 1.165) is 30.9 Å². The van der Waals surface area contributed by atoms with E-state index in [9.17, 15) is 9.18 Å². The normalized spacial score (nSPS) is 14.2. The predicted octanol–water partition coefficient (Wildman–Crippen LogP) is 3.70. The second-order valence-electron chi connectivity index (χ2n) is 5.37. The summed E-state index contributed by atoms with van der Waals surface area (Å²) in [5.41, 5.74) is 0.166. The van der Waals surface area contributed by atoms with Gasteiger partial charge in [0.05, 0.1) is 6.10 Å². The van der Waals surface area contributed by atoms with Crippen molar-refractivity contribution in [2.24, 2.45) is 0 Å². The number of halogens is 1. The van der Waals surface area contributed by atoms with Crippen LogP contribution in [0, 0.1) is 5.82 Å². The van der Waals surface area contributed by atoms with Gasteiger partial charge in [0.15, 0.2) is 11.6 Å². The van der Waals surface area contributed by atoms with Crippen molar-refractivity contribution in [3.63, 3.8) is 0 Å². The number of hydrogen-bond donors (Lipinski definition) is 0. The lowest BCUT2D eigenvalue weighted by Crippen LogP contribution is -2.24. The van der Waals surface area contributed by atoms with E-state index in [4.69, 9.17) is 9.47 Å². The van der Waals surface area contributed by atoms with Gasteiger partial charge in [-0.1, -0.05) is 30.3 Å². The maximum absolute atomic E-state index is 13.9. The molecule has 1 fully saturated rings. The van der Waals surface area contributed by atoms with E-state index in [-0.39, 0.29) is 18.5 Å². The smallest absolute Gasteiger partial charge is 0.255 e. The van der Waals surface area contributed by atoms with Crippen LogP contribution in [0.4, 0.5) is 4.39 Å². The van der Waals surface area contributed by atoms with E-state index in [1.165, 1.54) is 6.07 Å². The van der Waals surface area contributed by atoms with Crippen LogP contribution in [0.2, 0.25) is 0 Å². The van der Waals surface area contributed by atoms with E-state index >= 15 is 0 Å². The molecule has 0 aliphatic heterocycles. The molecule has 114 valence electrons. The molecule has 0 amide bonds. The van der Waals surface area contributed by atoms with Gasteiger partial charge < -0.3 is 9.47 Å². The first-order chi connectivity index (χ1) is 10.7. The van der Waals surface area contributed by atoms with Crippen molar-refractivity contribution in [2.75, 3.05) is 0 Å². The zero-order valence-electron chi connectivity index (χ0n) is 12.1. The van der Waals surface area contributed by atoms with Crippen LogP contribution in [0.25, 0.3) is 0 Å². The molecule has 2 aromatic carbocycles. The summed E-state index contributed by atoms with van der Waals surface area (Å²) in [6.07, 6.45) is 3.21. The van der Waals surface area contributed by atoms with Gasteiger partial charge in [-0.05, 0) is 37.0 Å². The molecule has 0 unspecified atom stereocenters. The Labute approximate surface area is 128 Å². The van der Waals surface area contributed by atoms with Crippen molar-refractivity contribution >= 4 is 0 Å². The molecule has 0 heterocycles. The largest absolute Gasteiger partial charge is 0.490 e. The van der Waals surface area contributed by atoms with E-state index in [1.807, 2.05) is 30.3 Å². The third kappa shape index (κ3) is 3.45. The molecule has 0 radical (unpaired) electrons. The molecule has 1 aliphatic carbocycles. The molecule has 0 spiro atoms. The minimum Gasteiger partial charge on any atom is -0.490 e. The van der Waals surface area contributed by atoms with Gasteiger partial charge in [0.25, 0.3) is 5.43 Å². The topological polar surface area (TPSA) is 35.5 Å². The SMILES string of the molecule is O=c1c(F)cc(OC2CCC2)ccc1OCc1ccccc1. The van der Waals surface area contributed by atoms with Crippen LogP contribution in [0.3, 0.4) is 0 Å². The summed E-state index contributed by atoms with van der Waals surface area (Å²) in [5.74, 6) is -0.499. The molecule has 2 aromatic rings. The van der Waals surface area contributed by atoms with E-state index in [1.54, 1.807) is 6.07 Å². The first kappa shape index (κ1) is 14.6. The quantitative estimate of drug-likeness (QED) is 0.844. The Hall–Kier alpha value is -2.36. The van der Waals surface area contributed by atoms with Gasteiger partial charge in [-0.3, -0.25) is 4.79 Å². The van der Waals surface area contributed by atoms with Crippen LogP contribution >= 0.6 is 0 Å². The van der Waals surface area contributed by atoms with Crippen LogP contribution in [0.15, 0.2) is 53.3 Å². The third-order valence-corrected chi connectivity index (χ3v) is 3.70. The minimum atomic E-state index is -0.859. The highest BCUT2D eigenvalue weighted by Crippen LogP contribution is 2.25. The molecular formula is C18H17FO3. The molecule has 4 heteroatoms. The molecule has 0 bridgehead atoms. The van der Waals surface area contributed by atoms with Crippen LogP contribution < -0.4 is 14.9 Å². The average Bonchev–Trinajstić information content (AvgIpc) is 2.62. The lowest BCUT2D eigenvalue weighted by Gasteiger charge is -2.25. The predicted molar refractivity (Wildman–Crippen MR) is 81.7 cm³/mol. The third-order valence-electron chi connectivity index (χ3n) is 3.70. The van der Waals surface area contributed by atoms with Crippen LogP contribution in [0.1, 0.15) is 24.8 Å². The van der Waals surface area contributed by atoms with Gasteiger partial charge in [-0.25, -0.2) is 4.39 Å². The molecule has 1 aliphatic rings. The summed E-state index contributed by atoms with van der Waals surface area (Å²) in [7, 11) is 0. The van der Waals surface area contributed by atoms with Gasteiger partial charge in [0, 0.05) is 6.07 Å². The van der Waals surface area contributed by atoms with Gasteiger partial charge in [-0.2, -0.15) is 0 Å². The summed E-state index contributed by atoms with van der Waals surface area (Å²) in [6, 6.07) is 13.6. The highest BCUT2D eigenvalue weighted by molar-refractivity contribution is 5.30. The molecular weight excluding hydrogens is 283 g/mol. The number of benzene rings is 1.